The molecule has 6 nitrogen and oxygen atoms in total. The Kier molecular flexibility index (Phi) is 6.74. The first-order valence-electron chi connectivity index (χ1n) is 7.83. The number of aromatic hydroxyl groups is 1. The normalized spacial score (nSPS) is 11.0. The van der Waals surface area contributed by atoms with E-state index in [1.165, 1.54) is 18.2 Å². The number of ether oxygens (including phenoxy) is 2. The minimum Gasteiger partial charge on any atom is -0.507 e. The van der Waals surface area contributed by atoms with Crippen molar-refractivity contribution in [1.29, 1.82) is 0 Å². The van der Waals surface area contributed by atoms with Crippen LogP contribution in [-0.2, 0) is 0 Å². The standard InChI is InChI=1S/C18H20FN3O3S/c1-4-14(13-9-11(19)5-7-15(13)23)21-22-18(26)20-12-6-8-16(24-2)17(10-12)25-3/h5-10,23H,4H2,1-3H3,(H2,20,22,26)/b21-14+. The Morgan fingerprint density at radius 1 is 1.15 bits per heavy atom. The number of phenolic OH excluding ortho intramolecular Hbond substituents is 1. The molecule has 0 radical (unpaired) electrons. The van der Waals surface area contributed by atoms with Gasteiger partial charge in [0, 0.05) is 17.3 Å². The van der Waals surface area contributed by atoms with Crippen LogP contribution in [0.1, 0.15) is 18.9 Å². The van der Waals surface area contributed by atoms with Crippen LogP contribution in [-0.4, -0.2) is 30.2 Å². The molecule has 138 valence electrons. The fourth-order valence-corrected chi connectivity index (χ4v) is 2.42. The van der Waals surface area contributed by atoms with Crippen LogP contribution in [0.25, 0.3) is 0 Å². The number of hydrogen-bond donors (Lipinski definition) is 3. The minimum atomic E-state index is -0.454. The number of nitrogens with one attached hydrogen (secondary N) is 2. The van der Waals surface area contributed by atoms with Crippen LogP contribution >= 0.6 is 12.2 Å². The summed E-state index contributed by atoms with van der Waals surface area (Å²) < 4.78 is 23.8. The van der Waals surface area contributed by atoms with Crippen LogP contribution in [0.2, 0.25) is 0 Å². The zero-order chi connectivity index (χ0) is 19.1. The van der Waals surface area contributed by atoms with Crippen LogP contribution in [0.4, 0.5) is 10.1 Å². The second kappa shape index (κ2) is 9.00. The maximum absolute atomic E-state index is 13.4. The molecule has 0 amide bonds. The fraction of sp³-hybridized carbons (Fsp3) is 0.222. The minimum absolute atomic E-state index is 0.0485. The topological polar surface area (TPSA) is 75.1 Å². The van der Waals surface area contributed by atoms with E-state index in [1.54, 1.807) is 32.4 Å². The molecule has 8 heteroatoms. The SMILES string of the molecule is CC/C(=N\NC(=S)Nc1ccc(OC)c(OC)c1)c1cc(F)ccc1O. The Morgan fingerprint density at radius 2 is 1.88 bits per heavy atom. The van der Waals surface area contributed by atoms with Crippen molar-refractivity contribution in [3.05, 3.63) is 47.8 Å². The van der Waals surface area contributed by atoms with Crippen molar-refractivity contribution in [2.75, 3.05) is 19.5 Å². The van der Waals surface area contributed by atoms with Crippen molar-refractivity contribution in [3.8, 4) is 17.2 Å². The van der Waals surface area contributed by atoms with Gasteiger partial charge in [0.1, 0.15) is 11.6 Å². The molecule has 0 aliphatic carbocycles. The predicted molar refractivity (Wildman–Crippen MR) is 104 cm³/mol. The zero-order valence-corrected chi connectivity index (χ0v) is 15.5. The number of anilines is 1. The van der Waals surface area contributed by atoms with Gasteiger partial charge in [0.25, 0.3) is 0 Å². The van der Waals surface area contributed by atoms with Gasteiger partial charge in [-0.3, -0.25) is 5.43 Å². The summed E-state index contributed by atoms with van der Waals surface area (Å²) in [6, 6.07) is 8.95. The average molecular weight is 377 g/mol. The highest BCUT2D eigenvalue weighted by Gasteiger charge is 2.10. The van der Waals surface area contributed by atoms with E-state index in [9.17, 15) is 9.50 Å². The summed E-state index contributed by atoms with van der Waals surface area (Å²) in [5, 5.41) is 17.3. The Labute approximate surface area is 156 Å². The molecule has 0 fully saturated rings. The number of phenols is 1. The first-order valence-corrected chi connectivity index (χ1v) is 8.23. The van der Waals surface area contributed by atoms with Gasteiger partial charge in [-0.05, 0) is 49.0 Å². The first-order chi connectivity index (χ1) is 12.5. The summed E-state index contributed by atoms with van der Waals surface area (Å²) in [5.41, 5.74) is 4.16. The summed E-state index contributed by atoms with van der Waals surface area (Å²) in [4.78, 5) is 0. The third kappa shape index (κ3) is 4.82. The van der Waals surface area contributed by atoms with Gasteiger partial charge < -0.3 is 19.9 Å². The summed E-state index contributed by atoms with van der Waals surface area (Å²) in [5.74, 6) is 0.657. The lowest BCUT2D eigenvalue weighted by Gasteiger charge is -2.12. The van der Waals surface area contributed by atoms with Gasteiger partial charge in [-0.1, -0.05) is 6.92 Å². The number of thiocarbonyl (C=S) groups is 1. The van der Waals surface area contributed by atoms with Crippen LogP contribution in [0.3, 0.4) is 0 Å². The largest absolute Gasteiger partial charge is 0.507 e. The monoisotopic (exact) mass is 377 g/mol. The second-order valence-electron chi connectivity index (χ2n) is 5.21. The lowest BCUT2D eigenvalue weighted by atomic mass is 10.1. The molecule has 0 aromatic heterocycles. The number of benzene rings is 2. The highest BCUT2D eigenvalue weighted by Crippen LogP contribution is 2.29. The molecule has 0 heterocycles. The Morgan fingerprint density at radius 3 is 2.54 bits per heavy atom. The summed E-state index contributed by atoms with van der Waals surface area (Å²) >= 11 is 5.21. The van der Waals surface area contributed by atoms with E-state index in [0.717, 1.165) is 0 Å². The third-order valence-corrected chi connectivity index (χ3v) is 3.73. The number of nitrogens with zero attached hydrogens (tertiary/aromatic N) is 1. The molecule has 0 saturated heterocycles. The van der Waals surface area contributed by atoms with E-state index in [4.69, 9.17) is 21.7 Å². The molecule has 0 unspecified atom stereocenters. The number of hydrogen-bond acceptors (Lipinski definition) is 5. The van der Waals surface area contributed by atoms with E-state index in [2.05, 4.69) is 15.8 Å². The van der Waals surface area contributed by atoms with Gasteiger partial charge in [-0.25, -0.2) is 4.39 Å². The Bertz CT molecular complexity index is 827. The molecule has 3 N–H and O–H groups in total. The summed E-state index contributed by atoms with van der Waals surface area (Å²) in [6.07, 6.45) is 0.475. The van der Waals surface area contributed by atoms with Gasteiger partial charge in [0.05, 0.1) is 19.9 Å². The van der Waals surface area contributed by atoms with Crippen molar-refractivity contribution in [2.45, 2.75) is 13.3 Å². The third-order valence-electron chi connectivity index (χ3n) is 3.54. The molecule has 0 atom stereocenters. The quantitative estimate of drug-likeness (QED) is 0.405. The van der Waals surface area contributed by atoms with Crippen molar-refractivity contribution in [1.82, 2.24) is 5.43 Å². The number of rotatable bonds is 6. The molecule has 2 rings (SSSR count). The van der Waals surface area contributed by atoms with Gasteiger partial charge >= 0.3 is 0 Å². The van der Waals surface area contributed by atoms with Gasteiger partial charge in [-0.2, -0.15) is 5.10 Å². The lowest BCUT2D eigenvalue weighted by molar-refractivity contribution is 0.355. The summed E-state index contributed by atoms with van der Waals surface area (Å²) in [6.45, 7) is 1.84. The maximum Gasteiger partial charge on any atom is 0.191 e. The van der Waals surface area contributed by atoms with E-state index >= 15 is 0 Å². The van der Waals surface area contributed by atoms with E-state index < -0.39 is 5.82 Å². The maximum atomic E-state index is 13.4. The molecule has 0 saturated carbocycles. The van der Waals surface area contributed by atoms with E-state index in [0.29, 0.717) is 34.9 Å². The Hall–Kier alpha value is -2.87. The highest BCUT2D eigenvalue weighted by molar-refractivity contribution is 7.80. The fourth-order valence-electron chi connectivity index (χ4n) is 2.26. The van der Waals surface area contributed by atoms with Crippen LogP contribution in [0, 0.1) is 5.82 Å². The number of methoxy groups -OCH3 is 2. The van der Waals surface area contributed by atoms with Gasteiger partial charge in [0.15, 0.2) is 16.6 Å². The lowest BCUT2D eigenvalue weighted by Crippen LogP contribution is -2.25. The van der Waals surface area contributed by atoms with Crippen LogP contribution in [0.15, 0.2) is 41.5 Å². The molecular weight excluding hydrogens is 357 g/mol. The van der Waals surface area contributed by atoms with Crippen LogP contribution in [0.5, 0.6) is 17.2 Å². The van der Waals surface area contributed by atoms with Crippen molar-refractivity contribution in [2.24, 2.45) is 5.10 Å². The molecule has 26 heavy (non-hydrogen) atoms. The smallest absolute Gasteiger partial charge is 0.191 e. The van der Waals surface area contributed by atoms with Gasteiger partial charge in [0.2, 0.25) is 0 Å². The first kappa shape index (κ1) is 19.5. The molecule has 2 aromatic carbocycles. The van der Waals surface area contributed by atoms with Crippen molar-refractivity contribution < 1.29 is 19.0 Å². The summed E-state index contributed by atoms with van der Waals surface area (Å²) in [7, 11) is 3.10. The van der Waals surface area contributed by atoms with Crippen molar-refractivity contribution in [3.63, 3.8) is 0 Å². The molecular formula is C18H20FN3O3S. The van der Waals surface area contributed by atoms with E-state index in [-0.39, 0.29) is 10.9 Å². The molecule has 2 aromatic rings. The number of halogens is 1. The van der Waals surface area contributed by atoms with Gasteiger partial charge in [-0.15, -0.1) is 0 Å². The Balaban J connectivity index is 2.11. The predicted octanol–water partition coefficient (Wildman–Crippen LogP) is 3.65. The van der Waals surface area contributed by atoms with Crippen molar-refractivity contribution >= 4 is 28.7 Å². The molecule has 0 bridgehead atoms. The van der Waals surface area contributed by atoms with Crippen LogP contribution < -0.4 is 20.2 Å². The molecule has 0 spiro atoms. The highest BCUT2D eigenvalue weighted by atomic mass is 32.1. The second-order valence-corrected chi connectivity index (χ2v) is 5.62. The zero-order valence-electron chi connectivity index (χ0n) is 14.7. The molecule has 0 aliphatic rings. The average Bonchev–Trinajstić information content (AvgIpc) is 2.64. The van der Waals surface area contributed by atoms with E-state index in [1.807, 2.05) is 6.92 Å². The molecule has 0 aliphatic heterocycles. The number of hydrazone groups is 1.